The third-order valence-corrected chi connectivity index (χ3v) is 2.99. The zero-order valence-electron chi connectivity index (χ0n) is 13.0. The lowest BCUT2D eigenvalue weighted by Gasteiger charge is -2.20. The highest BCUT2D eigenvalue weighted by molar-refractivity contribution is 6.09. The van der Waals surface area contributed by atoms with Crippen LogP contribution in [0.5, 0.6) is 0 Å². The van der Waals surface area contributed by atoms with E-state index in [1.54, 1.807) is 39.0 Å². The molecule has 0 unspecified atom stereocenters. The Morgan fingerprint density at radius 3 is 2.55 bits per heavy atom. The van der Waals surface area contributed by atoms with Crippen LogP contribution in [0.3, 0.4) is 0 Å². The first kappa shape index (κ1) is 15.8. The quantitative estimate of drug-likeness (QED) is 0.667. The molecule has 0 aromatic heterocycles. The smallest absolute Gasteiger partial charge is 0.412 e. The highest BCUT2D eigenvalue weighted by Crippen LogP contribution is 2.25. The summed E-state index contributed by atoms with van der Waals surface area (Å²) in [6.07, 6.45) is 0.742. The zero-order chi connectivity index (χ0) is 16.3. The van der Waals surface area contributed by atoms with Crippen molar-refractivity contribution in [2.24, 2.45) is 0 Å². The molecule has 22 heavy (non-hydrogen) atoms. The Hall–Kier alpha value is -2.62. The minimum atomic E-state index is -0.571. The molecule has 0 heterocycles. The van der Waals surface area contributed by atoms with Crippen LogP contribution in [0, 0.1) is 0 Å². The van der Waals surface area contributed by atoms with Crippen molar-refractivity contribution in [1.82, 2.24) is 0 Å². The molecule has 0 aliphatic heterocycles. The Balaban J connectivity index is 2.39. The minimum absolute atomic E-state index is 0.158. The molecular formula is C18H19NO3. The lowest BCUT2D eigenvalue weighted by atomic mass is 10.0. The van der Waals surface area contributed by atoms with Crippen LogP contribution in [0.4, 0.5) is 10.5 Å². The minimum Gasteiger partial charge on any atom is -0.444 e. The maximum atomic E-state index is 11.9. The van der Waals surface area contributed by atoms with E-state index in [1.807, 2.05) is 18.2 Å². The monoisotopic (exact) mass is 297 g/mol. The summed E-state index contributed by atoms with van der Waals surface area (Å²) >= 11 is 0. The molecule has 2 rings (SSSR count). The van der Waals surface area contributed by atoms with Gasteiger partial charge in [-0.1, -0.05) is 30.8 Å². The van der Waals surface area contributed by atoms with E-state index >= 15 is 0 Å². The molecule has 1 amide bonds. The van der Waals surface area contributed by atoms with Crippen molar-refractivity contribution < 1.29 is 14.3 Å². The van der Waals surface area contributed by atoms with Crippen molar-refractivity contribution in [3.05, 3.63) is 54.6 Å². The molecule has 4 heteroatoms. The molecule has 2 aromatic carbocycles. The van der Waals surface area contributed by atoms with Gasteiger partial charge in [0.15, 0.2) is 5.78 Å². The second-order valence-electron chi connectivity index (χ2n) is 5.94. The summed E-state index contributed by atoms with van der Waals surface area (Å²) in [5.41, 5.74) is 0.560. The predicted octanol–water partition coefficient (Wildman–Crippen LogP) is 4.56. The average Bonchev–Trinajstić information content (AvgIpc) is 2.44. The average molecular weight is 297 g/mol. The number of carbonyl (C=O) groups excluding carboxylic acids is 2. The summed E-state index contributed by atoms with van der Waals surface area (Å²) in [5.74, 6) is -0.158. The van der Waals surface area contributed by atoms with Gasteiger partial charge in [0.1, 0.15) is 5.60 Å². The second kappa shape index (κ2) is 6.02. The molecule has 0 aliphatic carbocycles. The highest BCUT2D eigenvalue weighted by Gasteiger charge is 2.17. The largest absolute Gasteiger partial charge is 0.444 e. The van der Waals surface area contributed by atoms with Gasteiger partial charge in [-0.25, -0.2) is 4.79 Å². The predicted molar refractivity (Wildman–Crippen MR) is 88.3 cm³/mol. The van der Waals surface area contributed by atoms with Crippen molar-refractivity contribution in [3.8, 4) is 0 Å². The fourth-order valence-corrected chi connectivity index (χ4v) is 2.07. The standard InChI is InChI=1S/C18H19NO3/c1-5-16(20)13-10-9-12-7-6-8-15(14(12)11-13)19-17(21)22-18(2,3)4/h5-11H,1H2,2-4H3,(H,19,21). The normalized spacial score (nSPS) is 11.0. The fourth-order valence-electron chi connectivity index (χ4n) is 2.07. The van der Waals surface area contributed by atoms with Gasteiger partial charge in [0.2, 0.25) is 0 Å². The molecule has 0 atom stereocenters. The van der Waals surface area contributed by atoms with Crippen molar-refractivity contribution in [2.75, 3.05) is 5.32 Å². The van der Waals surface area contributed by atoms with E-state index in [4.69, 9.17) is 4.74 Å². The number of ether oxygens (including phenoxy) is 1. The van der Waals surface area contributed by atoms with Crippen LogP contribution in [-0.2, 0) is 4.74 Å². The number of ketones is 1. The maximum absolute atomic E-state index is 11.9. The lowest BCUT2D eigenvalue weighted by molar-refractivity contribution is 0.0636. The summed E-state index contributed by atoms with van der Waals surface area (Å²) in [6.45, 7) is 8.90. The van der Waals surface area contributed by atoms with Crippen molar-refractivity contribution in [3.63, 3.8) is 0 Å². The highest BCUT2D eigenvalue weighted by atomic mass is 16.6. The molecule has 0 radical (unpaired) electrons. The number of anilines is 1. The van der Waals surface area contributed by atoms with Crippen molar-refractivity contribution in [2.45, 2.75) is 26.4 Å². The van der Waals surface area contributed by atoms with Gasteiger partial charge in [-0.05, 0) is 44.4 Å². The van der Waals surface area contributed by atoms with Gasteiger partial charge in [0, 0.05) is 10.9 Å². The summed E-state index contributed by atoms with van der Waals surface area (Å²) in [6, 6.07) is 10.8. The Bertz CT molecular complexity index is 742. The van der Waals surface area contributed by atoms with E-state index in [-0.39, 0.29) is 5.78 Å². The molecule has 0 saturated heterocycles. The summed E-state index contributed by atoms with van der Waals surface area (Å²) in [7, 11) is 0. The molecule has 0 spiro atoms. The van der Waals surface area contributed by atoms with Crippen LogP contribution in [0.25, 0.3) is 10.8 Å². The van der Waals surface area contributed by atoms with Crippen LogP contribution in [0.2, 0.25) is 0 Å². The molecule has 0 aliphatic rings. The number of rotatable bonds is 3. The van der Waals surface area contributed by atoms with Gasteiger partial charge in [-0.15, -0.1) is 0 Å². The molecule has 2 aromatic rings. The van der Waals surface area contributed by atoms with Crippen LogP contribution >= 0.6 is 0 Å². The SMILES string of the molecule is C=CC(=O)c1ccc2cccc(NC(=O)OC(C)(C)C)c2c1. The molecule has 4 nitrogen and oxygen atoms in total. The van der Waals surface area contributed by atoms with Crippen LogP contribution in [-0.4, -0.2) is 17.5 Å². The van der Waals surface area contributed by atoms with Gasteiger partial charge < -0.3 is 4.74 Å². The third kappa shape index (κ3) is 3.73. The number of hydrogen-bond acceptors (Lipinski definition) is 3. The molecule has 1 N–H and O–H groups in total. The number of benzene rings is 2. The lowest BCUT2D eigenvalue weighted by Crippen LogP contribution is -2.27. The first-order valence-electron chi connectivity index (χ1n) is 7.00. The molecule has 114 valence electrons. The van der Waals surface area contributed by atoms with Gasteiger partial charge in [-0.3, -0.25) is 10.1 Å². The number of fused-ring (bicyclic) bond motifs is 1. The second-order valence-corrected chi connectivity index (χ2v) is 5.94. The van der Waals surface area contributed by atoms with Crippen LogP contribution < -0.4 is 5.32 Å². The Kier molecular flexibility index (Phi) is 4.31. The van der Waals surface area contributed by atoms with Crippen LogP contribution in [0.1, 0.15) is 31.1 Å². The van der Waals surface area contributed by atoms with Crippen LogP contribution in [0.15, 0.2) is 49.1 Å². The summed E-state index contributed by atoms with van der Waals surface area (Å²) < 4.78 is 5.26. The summed E-state index contributed by atoms with van der Waals surface area (Å²) in [5, 5.41) is 4.43. The van der Waals surface area contributed by atoms with Crippen molar-refractivity contribution in [1.29, 1.82) is 0 Å². The van der Waals surface area contributed by atoms with Gasteiger partial charge >= 0.3 is 6.09 Å². The molecule has 0 fully saturated rings. The Morgan fingerprint density at radius 2 is 1.91 bits per heavy atom. The van der Waals surface area contributed by atoms with E-state index < -0.39 is 11.7 Å². The Morgan fingerprint density at radius 1 is 1.18 bits per heavy atom. The third-order valence-electron chi connectivity index (χ3n) is 2.99. The van der Waals surface area contributed by atoms with Gasteiger partial charge in [-0.2, -0.15) is 0 Å². The number of nitrogens with one attached hydrogen (secondary N) is 1. The fraction of sp³-hybridized carbons (Fsp3) is 0.222. The zero-order valence-corrected chi connectivity index (χ0v) is 13.0. The molecule has 0 bridgehead atoms. The van der Waals surface area contributed by atoms with E-state index in [1.165, 1.54) is 6.08 Å². The van der Waals surface area contributed by atoms with E-state index in [2.05, 4.69) is 11.9 Å². The maximum Gasteiger partial charge on any atom is 0.412 e. The molecule has 0 saturated carbocycles. The Labute approximate surface area is 129 Å². The van der Waals surface area contributed by atoms with E-state index in [0.717, 1.165) is 10.8 Å². The van der Waals surface area contributed by atoms with E-state index in [9.17, 15) is 9.59 Å². The molecular weight excluding hydrogens is 278 g/mol. The van der Waals surface area contributed by atoms with Gasteiger partial charge in [0.05, 0.1) is 5.69 Å². The number of carbonyl (C=O) groups is 2. The topological polar surface area (TPSA) is 55.4 Å². The van der Waals surface area contributed by atoms with Gasteiger partial charge in [0.25, 0.3) is 0 Å². The first-order valence-corrected chi connectivity index (χ1v) is 7.00. The van der Waals surface area contributed by atoms with E-state index in [0.29, 0.717) is 11.3 Å². The first-order chi connectivity index (χ1) is 10.3. The van der Waals surface area contributed by atoms with Crippen molar-refractivity contribution >= 4 is 28.3 Å². The number of allylic oxidation sites excluding steroid dienone is 1. The number of hydrogen-bond donors (Lipinski definition) is 1. The number of amides is 1. The summed E-state index contributed by atoms with van der Waals surface area (Å²) in [4.78, 5) is 23.7.